The molecule has 1 aliphatic rings. The van der Waals surface area contributed by atoms with Gasteiger partial charge in [0.25, 0.3) is 0 Å². The Balaban J connectivity index is 1.95. The van der Waals surface area contributed by atoms with Gasteiger partial charge in [-0.2, -0.15) is 0 Å². The van der Waals surface area contributed by atoms with Crippen LogP contribution in [0, 0.1) is 0 Å². The minimum atomic E-state index is -1.87. The van der Waals surface area contributed by atoms with Crippen molar-refractivity contribution in [3.05, 3.63) is 96.6 Å². The van der Waals surface area contributed by atoms with Crippen LogP contribution in [-0.4, -0.2) is 8.07 Å². The molecule has 0 aromatic heterocycles. The first-order valence-electron chi connectivity index (χ1n) is 8.13. The van der Waals surface area contributed by atoms with E-state index < -0.39 is 8.07 Å². The van der Waals surface area contributed by atoms with Gasteiger partial charge in [0.2, 0.25) is 0 Å². The third-order valence-corrected chi connectivity index (χ3v) is 13.7. The predicted octanol–water partition coefficient (Wildman–Crippen LogP) is 4.48. The first kappa shape index (κ1) is 14.9. The number of alkyl halides is 1. The van der Waals surface area contributed by atoms with Gasteiger partial charge in [-0.1, -0.05) is 117 Å². The lowest BCUT2D eigenvalue weighted by atomic mass is 10.1. The zero-order valence-electron chi connectivity index (χ0n) is 13.0. The lowest BCUT2D eigenvalue weighted by Gasteiger charge is -2.56. The first-order valence-corrected chi connectivity index (χ1v) is 11.1. The summed E-state index contributed by atoms with van der Waals surface area (Å²) in [5.41, 5.74) is 1.42. The minimum Gasteiger partial charge on any atom is -0.0829 e. The maximum atomic E-state index is 4.23. The van der Waals surface area contributed by atoms with E-state index in [-0.39, 0.29) is 3.95 Å². The van der Waals surface area contributed by atoms with Crippen LogP contribution in [0.5, 0.6) is 0 Å². The molecular weight excluding hydrogens is 360 g/mol. The third-order valence-electron chi connectivity index (χ3n) is 5.29. The second-order valence-corrected chi connectivity index (χ2v) is 12.7. The summed E-state index contributed by atoms with van der Waals surface area (Å²) >= 11 is 4.23. The highest BCUT2D eigenvalue weighted by Gasteiger charge is 2.62. The number of hydrogen-bond donors (Lipinski definition) is 0. The molecule has 4 rings (SSSR count). The molecule has 0 bridgehead atoms. The molecule has 1 heterocycles. The van der Waals surface area contributed by atoms with Crippen LogP contribution in [0.2, 0.25) is 6.04 Å². The van der Waals surface area contributed by atoms with Crippen molar-refractivity contribution in [2.24, 2.45) is 0 Å². The maximum Gasteiger partial charge on any atom is 0.139 e. The molecular formula is C21H19BrSi. The number of hydrogen-bond acceptors (Lipinski definition) is 0. The molecule has 0 aliphatic carbocycles. The summed E-state index contributed by atoms with van der Waals surface area (Å²) < 4.78 is 0.0873. The third kappa shape index (κ3) is 2.16. The van der Waals surface area contributed by atoms with Crippen molar-refractivity contribution in [1.82, 2.24) is 0 Å². The summed E-state index contributed by atoms with van der Waals surface area (Å²) in [4.78, 5) is 0. The van der Waals surface area contributed by atoms with E-state index in [1.54, 1.807) is 0 Å². The van der Waals surface area contributed by atoms with Gasteiger partial charge in [-0.3, -0.25) is 0 Å². The van der Waals surface area contributed by atoms with Gasteiger partial charge in [-0.05, 0) is 18.0 Å². The molecule has 1 aliphatic heterocycles. The van der Waals surface area contributed by atoms with Crippen LogP contribution < -0.4 is 10.4 Å². The van der Waals surface area contributed by atoms with Gasteiger partial charge in [-0.15, -0.1) is 0 Å². The fraction of sp³-hybridized carbons (Fsp3) is 0.143. The quantitative estimate of drug-likeness (QED) is 0.465. The lowest BCUT2D eigenvalue weighted by molar-refractivity contribution is 0.705. The molecule has 0 radical (unpaired) electrons. The summed E-state index contributed by atoms with van der Waals surface area (Å²) in [5.74, 6) is 0. The summed E-state index contributed by atoms with van der Waals surface area (Å²) in [5, 5.41) is 3.05. The standard InChI is InChI=1S/C21H19BrSi/c22-21(18-10-4-1-5-11-18)16-17-23(21,19-12-6-2-7-13-19)20-14-8-3-9-15-20/h1-15H,16-17H2. The average Bonchev–Trinajstić information content (AvgIpc) is 2.63. The highest BCUT2D eigenvalue weighted by atomic mass is 79.9. The van der Waals surface area contributed by atoms with E-state index in [0.29, 0.717) is 0 Å². The molecule has 0 N–H and O–H groups in total. The molecule has 1 fully saturated rings. The largest absolute Gasteiger partial charge is 0.139 e. The van der Waals surface area contributed by atoms with Gasteiger partial charge in [0.05, 0.1) is 3.95 Å². The Morgan fingerprint density at radius 1 is 0.652 bits per heavy atom. The predicted molar refractivity (Wildman–Crippen MR) is 104 cm³/mol. The van der Waals surface area contributed by atoms with E-state index in [1.807, 2.05) is 0 Å². The van der Waals surface area contributed by atoms with Crippen LogP contribution in [0.4, 0.5) is 0 Å². The van der Waals surface area contributed by atoms with Crippen LogP contribution in [0.25, 0.3) is 0 Å². The lowest BCUT2D eigenvalue weighted by Crippen LogP contribution is -2.75. The fourth-order valence-corrected chi connectivity index (χ4v) is 12.1. The number of benzene rings is 3. The fourth-order valence-electron chi connectivity index (χ4n) is 4.05. The second kappa shape index (κ2) is 5.77. The van der Waals surface area contributed by atoms with Crippen LogP contribution in [-0.2, 0) is 3.95 Å². The van der Waals surface area contributed by atoms with E-state index in [4.69, 9.17) is 0 Å². The Morgan fingerprint density at radius 3 is 1.48 bits per heavy atom. The van der Waals surface area contributed by atoms with Gasteiger partial charge in [0.15, 0.2) is 0 Å². The molecule has 3 aromatic carbocycles. The summed E-state index contributed by atoms with van der Waals surface area (Å²) in [6.07, 6.45) is 1.20. The molecule has 114 valence electrons. The topological polar surface area (TPSA) is 0 Å². The summed E-state index contributed by atoms with van der Waals surface area (Å²) in [6.45, 7) is 0. The molecule has 0 amide bonds. The summed E-state index contributed by atoms with van der Waals surface area (Å²) in [7, 11) is -1.87. The van der Waals surface area contributed by atoms with Gasteiger partial charge in [0, 0.05) is 0 Å². The maximum absolute atomic E-state index is 4.23. The van der Waals surface area contributed by atoms with E-state index in [0.717, 1.165) is 0 Å². The average molecular weight is 379 g/mol. The minimum absolute atomic E-state index is 0.0873. The van der Waals surface area contributed by atoms with Crippen molar-refractivity contribution in [2.45, 2.75) is 16.4 Å². The smallest absolute Gasteiger partial charge is 0.0829 e. The van der Waals surface area contributed by atoms with Crippen LogP contribution >= 0.6 is 15.9 Å². The first-order chi connectivity index (χ1) is 11.3. The Bertz CT molecular complexity index is 746. The van der Waals surface area contributed by atoms with Crippen molar-refractivity contribution in [3.8, 4) is 0 Å². The Morgan fingerprint density at radius 2 is 1.09 bits per heavy atom. The Kier molecular flexibility index (Phi) is 3.74. The molecule has 1 unspecified atom stereocenters. The van der Waals surface area contributed by atoms with Crippen molar-refractivity contribution < 1.29 is 0 Å². The molecule has 3 aromatic rings. The molecule has 0 nitrogen and oxygen atoms in total. The van der Waals surface area contributed by atoms with Gasteiger partial charge in [-0.25, -0.2) is 0 Å². The molecule has 0 spiro atoms. The number of halogens is 1. The van der Waals surface area contributed by atoms with E-state index >= 15 is 0 Å². The van der Waals surface area contributed by atoms with Crippen LogP contribution in [0.3, 0.4) is 0 Å². The normalized spacial score (nSPS) is 22.3. The molecule has 1 saturated heterocycles. The zero-order chi connectivity index (χ0) is 15.8. The molecule has 1 atom stereocenters. The van der Waals surface area contributed by atoms with E-state index in [2.05, 4.69) is 107 Å². The van der Waals surface area contributed by atoms with Crippen LogP contribution in [0.15, 0.2) is 91.0 Å². The molecule has 0 saturated carbocycles. The highest BCUT2D eigenvalue weighted by Crippen LogP contribution is 2.54. The van der Waals surface area contributed by atoms with E-state index in [1.165, 1.54) is 28.4 Å². The van der Waals surface area contributed by atoms with Crippen molar-refractivity contribution in [3.63, 3.8) is 0 Å². The SMILES string of the molecule is BrC1(c2ccccc2)CC[Si]1(c1ccccc1)c1ccccc1. The highest BCUT2D eigenvalue weighted by molar-refractivity contribution is 9.10. The zero-order valence-corrected chi connectivity index (χ0v) is 15.5. The van der Waals surface area contributed by atoms with Crippen molar-refractivity contribution in [1.29, 1.82) is 0 Å². The monoisotopic (exact) mass is 378 g/mol. The molecule has 2 heteroatoms. The summed E-state index contributed by atoms with van der Waals surface area (Å²) in [6, 6.07) is 34.6. The molecule has 23 heavy (non-hydrogen) atoms. The number of rotatable bonds is 3. The van der Waals surface area contributed by atoms with E-state index in [9.17, 15) is 0 Å². The van der Waals surface area contributed by atoms with Gasteiger partial charge >= 0.3 is 0 Å². The Hall–Kier alpha value is -1.64. The Labute approximate surface area is 147 Å². The van der Waals surface area contributed by atoms with Crippen molar-refractivity contribution >= 4 is 34.4 Å². The van der Waals surface area contributed by atoms with Crippen LogP contribution in [0.1, 0.15) is 12.0 Å². The van der Waals surface area contributed by atoms with Gasteiger partial charge < -0.3 is 0 Å². The second-order valence-electron chi connectivity index (χ2n) is 6.30. The van der Waals surface area contributed by atoms with Gasteiger partial charge in [0.1, 0.15) is 8.07 Å². The van der Waals surface area contributed by atoms with Crippen molar-refractivity contribution in [2.75, 3.05) is 0 Å².